The topological polar surface area (TPSA) is 72.8 Å². The molecule has 5 nitrogen and oxygen atoms in total. The van der Waals surface area contributed by atoms with Gasteiger partial charge in [-0.3, -0.25) is 4.79 Å². The maximum absolute atomic E-state index is 12.3. The molecule has 1 N–H and O–H groups in total. The van der Waals surface area contributed by atoms with Crippen LogP contribution in [0.4, 0.5) is 0 Å². The van der Waals surface area contributed by atoms with Gasteiger partial charge in [0.15, 0.2) is 0 Å². The van der Waals surface area contributed by atoms with Crippen LogP contribution in [0.15, 0.2) is 12.2 Å². The van der Waals surface area contributed by atoms with E-state index < -0.39 is 17.7 Å². The fourth-order valence-corrected chi connectivity index (χ4v) is 5.73. The number of carbonyl (C=O) groups excluding carboxylic acids is 2. The molecule has 3 aliphatic carbocycles. The first-order valence-corrected chi connectivity index (χ1v) is 8.01. The molecule has 1 aliphatic heterocycles. The fraction of sp³-hybridized carbons (Fsp3) is 0.765. The summed E-state index contributed by atoms with van der Waals surface area (Å²) in [6.07, 6.45) is 0.556. The third-order valence-corrected chi connectivity index (χ3v) is 6.91. The monoisotopic (exact) mass is 306 g/mol. The molecule has 1 saturated heterocycles. The van der Waals surface area contributed by atoms with Gasteiger partial charge in [-0.25, -0.2) is 4.79 Å². The molecular formula is C17H22O5. The highest BCUT2D eigenvalue weighted by Crippen LogP contribution is 2.75. The van der Waals surface area contributed by atoms with Crippen LogP contribution in [-0.4, -0.2) is 34.9 Å². The Bertz CT molecular complexity index is 598. The number of ether oxygens (including phenoxy) is 2. The average molecular weight is 306 g/mol. The zero-order chi connectivity index (χ0) is 16.0. The molecule has 2 bridgehead atoms. The maximum Gasteiger partial charge on any atom is 0.334 e. The van der Waals surface area contributed by atoms with Crippen LogP contribution in [0.25, 0.3) is 0 Å². The van der Waals surface area contributed by atoms with Crippen LogP contribution in [-0.2, 0) is 19.1 Å². The number of fused-ring (bicyclic) bond motifs is 4. The van der Waals surface area contributed by atoms with E-state index in [0.29, 0.717) is 12.0 Å². The van der Waals surface area contributed by atoms with E-state index in [0.717, 1.165) is 6.42 Å². The SMILES string of the molecule is C=C1C(=O)O[C@]23[C@H](O)[C@H]1[C@H]1C[C@@]1(C)[C@@H]2C[C@H](OC(C)=O)[C@@H]3C. The number of hydrogen-bond donors (Lipinski definition) is 1. The zero-order valence-electron chi connectivity index (χ0n) is 13.2. The predicted octanol–water partition coefficient (Wildman–Crippen LogP) is 1.44. The minimum atomic E-state index is -0.940. The van der Waals surface area contributed by atoms with Crippen LogP contribution in [0.3, 0.4) is 0 Å². The van der Waals surface area contributed by atoms with Gasteiger partial charge in [0.05, 0.1) is 0 Å². The summed E-state index contributed by atoms with van der Waals surface area (Å²) in [6.45, 7) is 9.37. The minimum absolute atomic E-state index is 0.0349. The first-order valence-electron chi connectivity index (χ1n) is 8.01. The smallest absolute Gasteiger partial charge is 0.334 e. The molecule has 120 valence electrons. The Labute approximate surface area is 129 Å². The van der Waals surface area contributed by atoms with E-state index in [4.69, 9.17) is 9.47 Å². The van der Waals surface area contributed by atoms with E-state index in [1.807, 2.05) is 6.92 Å². The number of carbonyl (C=O) groups is 2. The second-order valence-electron chi connectivity index (χ2n) is 7.78. The van der Waals surface area contributed by atoms with Gasteiger partial charge in [0.1, 0.15) is 17.8 Å². The van der Waals surface area contributed by atoms with Crippen LogP contribution >= 0.6 is 0 Å². The Morgan fingerprint density at radius 2 is 2.18 bits per heavy atom. The summed E-state index contributed by atoms with van der Waals surface area (Å²) in [5, 5.41) is 11.0. The van der Waals surface area contributed by atoms with Crippen LogP contribution in [0, 0.1) is 29.1 Å². The standard InChI is InChI=1S/C17H22O5/c1-7-13-10-6-16(10,4)12-5-11(21-9(3)18)8(2)17(12,14(13)19)22-15(7)20/h8,10-14,19H,1,5-6H2,2-4H3/t8-,10+,11-,12-,13+,14+,16+,17-/m0/s1. The summed E-state index contributed by atoms with van der Waals surface area (Å²) in [6, 6.07) is 0. The normalized spacial score (nSPS) is 55.1. The molecule has 0 aromatic carbocycles. The molecule has 4 fully saturated rings. The van der Waals surface area contributed by atoms with Crippen molar-refractivity contribution in [3.8, 4) is 0 Å². The van der Waals surface area contributed by atoms with Gasteiger partial charge in [-0.15, -0.1) is 0 Å². The van der Waals surface area contributed by atoms with Crippen molar-refractivity contribution in [2.75, 3.05) is 0 Å². The van der Waals surface area contributed by atoms with Crippen molar-refractivity contribution >= 4 is 11.9 Å². The Morgan fingerprint density at radius 3 is 2.82 bits per heavy atom. The van der Waals surface area contributed by atoms with Gasteiger partial charge in [-0.2, -0.15) is 0 Å². The highest BCUT2D eigenvalue weighted by atomic mass is 16.6. The van der Waals surface area contributed by atoms with Gasteiger partial charge < -0.3 is 14.6 Å². The van der Waals surface area contributed by atoms with E-state index in [1.165, 1.54) is 6.92 Å². The van der Waals surface area contributed by atoms with Gasteiger partial charge in [0.25, 0.3) is 0 Å². The minimum Gasteiger partial charge on any atom is -0.462 e. The quantitative estimate of drug-likeness (QED) is 0.586. The molecular weight excluding hydrogens is 284 g/mol. The molecule has 0 unspecified atom stereocenters. The third kappa shape index (κ3) is 1.39. The zero-order valence-corrected chi connectivity index (χ0v) is 13.2. The average Bonchev–Trinajstić information content (AvgIpc) is 3.02. The van der Waals surface area contributed by atoms with Crippen molar-refractivity contribution in [1.82, 2.24) is 0 Å². The molecule has 3 saturated carbocycles. The maximum atomic E-state index is 12.3. The number of rotatable bonds is 1. The van der Waals surface area contributed by atoms with E-state index in [-0.39, 0.29) is 41.2 Å². The van der Waals surface area contributed by atoms with Crippen molar-refractivity contribution in [3.63, 3.8) is 0 Å². The summed E-state index contributed by atoms with van der Waals surface area (Å²) in [7, 11) is 0. The molecule has 5 heteroatoms. The lowest BCUT2D eigenvalue weighted by atomic mass is 9.60. The third-order valence-electron chi connectivity index (χ3n) is 6.91. The first kappa shape index (κ1) is 14.2. The Hall–Kier alpha value is -1.36. The summed E-state index contributed by atoms with van der Waals surface area (Å²) >= 11 is 0. The number of aliphatic hydroxyl groups excluding tert-OH is 1. The second-order valence-corrected chi connectivity index (χ2v) is 7.78. The van der Waals surface area contributed by atoms with E-state index in [2.05, 4.69) is 13.5 Å². The summed E-state index contributed by atoms with van der Waals surface area (Å²) < 4.78 is 11.3. The van der Waals surface area contributed by atoms with Crippen molar-refractivity contribution < 1.29 is 24.2 Å². The lowest BCUT2D eigenvalue weighted by Gasteiger charge is -2.54. The van der Waals surface area contributed by atoms with Gasteiger partial charge >= 0.3 is 11.9 Å². The molecule has 0 aromatic heterocycles. The number of aliphatic hydroxyl groups is 1. The Balaban J connectivity index is 1.81. The number of esters is 2. The summed E-state index contributed by atoms with van der Waals surface area (Å²) in [4.78, 5) is 23.7. The summed E-state index contributed by atoms with van der Waals surface area (Å²) in [5.74, 6) is -0.848. The van der Waals surface area contributed by atoms with Crippen LogP contribution in [0.5, 0.6) is 0 Å². The van der Waals surface area contributed by atoms with Crippen molar-refractivity contribution in [1.29, 1.82) is 0 Å². The number of hydrogen-bond acceptors (Lipinski definition) is 5. The van der Waals surface area contributed by atoms with Crippen molar-refractivity contribution in [2.24, 2.45) is 29.1 Å². The molecule has 1 spiro atoms. The highest BCUT2D eigenvalue weighted by molar-refractivity contribution is 5.90. The largest absolute Gasteiger partial charge is 0.462 e. The van der Waals surface area contributed by atoms with Crippen LogP contribution < -0.4 is 0 Å². The van der Waals surface area contributed by atoms with Gasteiger partial charge in [-0.1, -0.05) is 20.4 Å². The Kier molecular flexibility index (Phi) is 2.55. The highest BCUT2D eigenvalue weighted by Gasteiger charge is 2.79. The van der Waals surface area contributed by atoms with Crippen LogP contribution in [0.1, 0.15) is 33.6 Å². The van der Waals surface area contributed by atoms with Gasteiger partial charge in [-0.05, 0) is 24.2 Å². The fourth-order valence-electron chi connectivity index (χ4n) is 5.73. The predicted molar refractivity (Wildman–Crippen MR) is 76.5 cm³/mol. The van der Waals surface area contributed by atoms with Crippen LogP contribution in [0.2, 0.25) is 0 Å². The molecule has 0 aromatic rings. The van der Waals surface area contributed by atoms with Gasteiger partial charge in [0, 0.05) is 30.3 Å². The summed E-state index contributed by atoms with van der Waals surface area (Å²) in [5.41, 5.74) is -0.505. The first-order chi connectivity index (χ1) is 10.2. The van der Waals surface area contributed by atoms with Crippen molar-refractivity contribution in [3.05, 3.63) is 12.2 Å². The van der Waals surface area contributed by atoms with Crippen molar-refractivity contribution in [2.45, 2.75) is 51.4 Å². The molecule has 4 rings (SSSR count). The molecule has 4 aliphatic rings. The van der Waals surface area contributed by atoms with E-state index >= 15 is 0 Å². The molecule has 8 atom stereocenters. The molecule has 1 heterocycles. The molecule has 22 heavy (non-hydrogen) atoms. The molecule has 0 amide bonds. The Morgan fingerprint density at radius 1 is 1.50 bits per heavy atom. The molecule has 0 radical (unpaired) electrons. The lowest BCUT2D eigenvalue weighted by molar-refractivity contribution is -0.227. The lowest BCUT2D eigenvalue weighted by Crippen LogP contribution is -2.65. The van der Waals surface area contributed by atoms with Gasteiger partial charge in [0.2, 0.25) is 0 Å². The van der Waals surface area contributed by atoms with E-state index in [9.17, 15) is 14.7 Å². The second kappa shape index (κ2) is 3.94. The van der Waals surface area contributed by atoms with E-state index in [1.54, 1.807) is 0 Å².